The Morgan fingerprint density at radius 2 is 1.82 bits per heavy atom. The fourth-order valence-corrected chi connectivity index (χ4v) is 3.03. The molecule has 0 aliphatic carbocycles. The van der Waals surface area contributed by atoms with Gasteiger partial charge in [-0.3, -0.25) is 4.90 Å². The number of likely N-dealkylation sites (tertiary alicyclic amines) is 1. The SMILES string of the molecule is CC(C)C1CCCN(C(C)(CN)C(C)C)CC1. The minimum atomic E-state index is 0.186. The molecule has 2 heteroatoms. The molecular formula is C15H32N2. The lowest BCUT2D eigenvalue weighted by molar-refractivity contribution is 0.0690. The predicted octanol–water partition coefficient (Wildman–Crippen LogP) is 3.12. The van der Waals surface area contributed by atoms with Crippen molar-refractivity contribution in [3.05, 3.63) is 0 Å². The van der Waals surface area contributed by atoms with Crippen molar-refractivity contribution in [1.82, 2.24) is 4.90 Å². The molecule has 1 heterocycles. The van der Waals surface area contributed by atoms with Gasteiger partial charge in [0.15, 0.2) is 0 Å². The van der Waals surface area contributed by atoms with Gasteiger partial charge in [0.1, 0.15) is 0 Å². The molecule has 1 fully saturated rings. The summed E-state index contributed by atoms with van der Waals surface area (Å²) >= 11 is 0. The van der Waals surface area contributed by atoms with Crippen LogP contribution in [-0.4, -0.2) is 30.1 Å². The molecule has 0 aromatic carbocycles. The van der Waals surface area contributed by atoms with E-state index in [9.17, 15) is 0 Å². The van der Waals surface area contributed by atoms with Crippen LogP contribution >= 0.6 is 0 Å². The van der Waals surface area contributed by atoms with Crippen molar-refractivity contribution in [3.8, 4) is 0 Å². The third-order valence-corrected chi connectivity index (χ3v) is 5.10. The molecule has 2 atom stereocenters. The second-order valence-corrected chi connectivity index (χ2v) is 6.64. The number of nitrogens with two attached hydrogens (primary N) is 1. The quantitative estimate of drug-likeness (QED) is 0.818. The average Bonchev–Trinajstić information content (AvgIpc) is 2.53. The highest BCUT2D eigenvalue weighted by atomic mass is 15.2. The van der Waals surface area contributed by atoms with Crippen LogP contribution in [0, 0.1) is 17.8 Å². The van der Waals surface area contributed by atoms with Crippen LogP contribution in [0.15, 0.2) is 0 Å². The van der Waals surface area contributed by atoms with Gasteiger partial charge in [-0.25, -0.2) is 0 Å². The number of hydrogen-bond donors (Lipinski definition) is 1. The molecule has 1 aliphatic rings. The van der Waals surface area contributed by atoms with Crippen molar-refractivity contribution in [1.29, 1.82) is 0 Å². The molecule has 0 bridgehead atoms. The molecule has 17 heavy (non-hydrogen) atoms. The largest absolute Gasteiger partial charge is 0.329 e. The summed E-state index contributed by atoms with van der Waals surface area (Å²) in [7, 11) is 0. The van der Waals surface area contributed by atoms with Crippen molar-refractivity contribution in [3.63, 3.8) is 0 Å². The third kappa shape index (κ3) is 3.45. The first-order valence-electron chi connectivity index (χ1n) is 7.37. The fourth-order valence-electron chi connectivity index (χ4n) is 3.03. The van der Waals surface area contributed by atoms with E-state index < -0.39 is 0 Å². The Balaban J connectivity index is 2.67. The maximum absolute atomic E-state index is 6.04. The first-order valence-corrected chi connectivity index (χ1v) is 7.37. The number of hydrogen-bond acceptors (Lipinski definition) is 2. The van der Waals surface area contributed by atoms with Crippen LogP contribution in [-0.2, 0) is 0 Å². The summed E-state index contributed by atoms with van der Waals surface area (Å²) in [5.74, 6) is 2.37. The first-order chi connectivity index (χ1) is 7.91. The van der Waals surface area contributed by atoms with E-state index in [1.807, 2.05) is 0 Å². The number of rotatable bonds is 4. The molecule has 0 aromatic rings. The van der Waals surface area contributed by atoms with E-state index in [0.29, 0.717) is 5.92 Å². The molecular weight excluding hydrogens is 208 g/mol. The fraction of sp³-hybridized carbons (Fsp3) is 1.00. The van der Waals surface area contributed by atoms with Crippen molar-refractivity contribution in [2.24, 2.45) is 23.5 Å². The molecule has 1 saturated heterocycles. The first kappa shape index (κ1) is 15.0. The van der Waals surface area contributed by atoms with Crippen molar-refractivity contribution < 1.29 is 0 Å². The summed E-state index contributed by atoms with van der Waals surface area (Å²) < 4.78 is 0. The highest BCUT2D eigenvalue weighted by molar-refractivity contribution is 4.91. The summed E-state index contributed by atoms with van der Waals surface area (Å²) in [6.07, 6.45) is 4.08. The van der Waals surface area contributed by atoms with Gasteiger partial charge in [-0.05, 0) is 57.0 Å². The van der Waals surface area contributed by atoms with Crippen LogP contribution in [0.1, 0.15) is 53.9 Å². The zero-order chi connectivity index (χ0) is 13.1. The maximum atomic E-state index is 6.04. The molecule has 2 N–H and O–H groups in total. The molecule has 0 amide bonds. The van der Waals surface area contributed by atoms with Gasteiger partial charge in [-0.1, -0.05) is 27.7 Å². The molecule has 2 nitrogen and oxygen atoms in total. The smallest absolute Gasteiger partial charge is 0.0326 e. The van der Waals surface area contributed by atoms with Crippen LogP contribution in [0.5, 0.6) is 0 Å². The Hall–Kier alpha value is -0.0800. The van der Waals surface area contributed by atoms with E-state index in [1.165, 1.54) is 32.4 Å². The van der Waals surface area contributed by atoms with E-state index in [1.54, 1.807) is 0 Å². The minimum Gasteiger partial charge on any atom is -0.329 e. The zero-order valence-electron chi connectivity index (χ0n) is 12.5. The summed E-state index contributed by atoms with van der Waals surface area (Å²) in [6.45, 7) is 14.9. The predicted molar refractivity (Wildman–Crippen MR) is 76.0 cm³/mol. The Kier molecular flexibility index (Phi) is 5.46. The molecule has 1 aliphatic heterocycles. The molecule has 1 rings (SSSR count). The minimum absolute atomic E-state index is 0.186. The summed E-state index contributed by atoms with van der Waals surface area (Å²) in [5, 5.41) is 0. The van der Waals surface area contributed by atoms with Gasteiger partial charge >= 0.3 is 0 Å². The van der Waals surface area contributed by atoms with Crippen molar-refractivity contribution >= 4 is 0 Å². The molecule has 0 radical (unpaired) electrons. The lowest BCUT2D eigenvalue weighted by Crippen LogP contribution is -2.55. The van der Waals surface area contributed by atoms with Crippen LogP contribution in [0.3, 0.4) is 0 Å². The number of nitrogens with zero attached hydrogens (tertiary/aromatic N) is 1. The normalized spacial score (nSPS) is 27.2. The highest BCUT2D eigenvalue weighted by Gasteiger charge is 2.35. The second-order valence-electron chi connectivity index (χ2n) is 6.64. The molecule has 0 aromatic heterocycles. The average molecular weight is 240 g/mol. The van der Waals surface area contributed by atoms with Gasteiger partial charge in [0.05, 0.1) is 0 Å². The lowest BCUT2D eigenvalue weighted by Gasteiger charge is -2.43. The molecule has 102 valence electrons. The van der Waals surface area contributed by atoms with Crippen LogP contribution < -0.4 is 5.73 Å². The lowest BCUT2D eigenvalue weighted by atomic mass is 9.86. The summed E-state index contributed by atoms with van der Waals surface area (Å²) in [6, 6.07) is 0. The van der Waals surface area contributed by atoms with E-state index in [2.05, 4.69) is 39.5 Å². The van der Waals surface area contributed by atoms with Crippen LogP contribution in [0.4, 0.5) is 0 Å². The Bertz CT molecular complexity index is 225. The maximum Gasteiger partial charge on any atom is 0.0326 e. The van der Waals surface area contributed by atoms with E-state index >= 15 is 0 Å². The van der Waals surface area contributed by atoms with Gasteiger partial charge in [0, 0.05) is 12.1 Å². The Morgan fingerprint density at radius 3 is 2.29 bits per heavy atom. The van der Waals surface area contributed by atoms with E-state index in [4.69, 9.17) is 5.73 Å². The molecule has 2 unspecified atom stereocenters. The standard InChI is InChI=1S/C15H32N2/c1-12(2)14-7-6-9-17(10-8-14)15(5,11-16)13(3)4/h12-14H,6-11,16H2,1-5H3. The van der Waals surface area contributed by atoms with E-state index in [0.717, 1.165) is 18.4 Å². The van der Waals surface area contributed by atoms with Crippen molar-refractivity contribution in [2.45, 2.75) is 59.4 Å². The van der Waals surface area contributed by atoms with Crippen molar-refractivity contribution in [2.75, 3.05) is 19.6 Å². The molecule has 0 saturated carbocycles. The second kappa shape index (κ2) is 6.19. The van der Waals surface area contributed by atoms with Gasteiger partial charge in [-0.2, -0.15) is 0 Å². The summed E-state index contributed by atoms with van der Waals surface area (Å²) in [5.41, 5.74) is 6.23. The van der Waals surface area contributed by atoms with Gasteiger partial charge in [0.2, 0.25) is 0 Å². The molecule has 0 spiro atoms. The Labute approximate surface area is 108 Å². The highest BCUT2D eigenvalue weighted by Crippen LogP contribution is 2.30. The Morgan fingerprint density at radius 1 is 1.18 bits per heavy atom. The van der Waals surface area contributed by atoms with Gasteiger partial charge < -0.3 is 5.73 Å². The zero-order valence-corrected chi connectivity index (χ0v) is 12.5. The topological polar surface area (TPSA) is 29.3 Å². The van der Waals surface area contributed by atoms with Gasteiger partial charge in [-0.15, -0.1) is 0 Å². The summed E-state index contributed by atoms with van der Waals surface area (Å²) in [4.78, 5) is 2.65. The monoisotopic (exact) mass is 240 g/mol. The third-order valence-electron chi connectivity index (χ3n) is 5.10. The van der Waals surface area contributed by atoms with Crippen LogP contribution in [0.25, 0.3) is 0 Å². The van der Waals surface area contributed by atoms with Gasteiger partial charge in [0.25, 0.3) is 0 Å². The van der Waals surface area contributed by atoms with Crippen LogP contribution in [0.2, 0.25) is 0 Å². The van der Waals surface area contributed by atoms with E-state index in [-0.39, 0.29) is 5.54 Å².